The van der Waals surface area contributed by atoms with Gasteiger partial charge >= 0.3 is 0 Å². The second-order valence-electron chi connectivity index (χ2n) is 3.90. The zero-order chi connectivity index (χ0) is 15.3. The average Bonchev–Trinajstić information content (AvgIpc) is 2.97. The van der Waals surface area contributed by atoms with Crippen molar-refractivity contribution in [2.24, 2.45) is 5.73 Å². The van der Waals surface area contributed by atoms with Gasteiger partial charge in [0, 0.05) is 0 Å². The van der Waals surface area contributed by atoms with Crippen LogP contribution in [0.2, 0.25) is 0 Å². The van der Waals surface area contributed by atoms with Crippen LogP contribution >= 0.6 is 0 Å². The fourth-order valence-electron chi connectivity index (χ4n) is 1.47. The van der Waals surface area contributed by atoms with Gasteiger partial charge in [-0.3, -0.25) is 5.10 Å². The molecule has 1 aromatic heterocycles. The fraction of sp³-hybridized carbons (Fsp3) is 0.167. The van der Waals surface area contributed by atoms with Gasteiger partial charge in [0.25, 0.3) is 0 Å². The third kappa shape index (κ3) is 3.85. The molecule has 1 aromatic carbocycles. The van der Waals surface area contributed by atoms with Crippen LogP contribution in [0.5, 0.6) is 0 Å². The molecule has 0 fully saturated rings. The minimum Gasteiger partial charge on any atom is -0.320 e. The molecule has 2 aromatic rings. The van der Waals surface area contributed by atoms with Gasteiger partial charge < -0.3 is 5.73 Å². The van der Waals surface area contributed by atoms with Crippen LogP contribution in [-0.4, -0.2) is 30.1 Å². The van der Waals surface area contributed by atoms with Gasteiger partial charge in [0.15, 0.2) is 0 Å². The maximum absolute atomic E-state index is 13.8. The van der Waals surface area contributed by atoms with Gasteiger partial charge in [-0.05, 0) is 18.2 Å². The smallest absolute Gasteiger partial charge is 0.241 e. The van der Waals surface area contributed by atoms with Gasteiger partial charge in [-0.1, -0.05) is 11.8 Å². The Morgan fingerprint density at radius 3 is 2.86 bits per heavy atom. The number of hydrogen-bond donors (Lipinski definition) is 3. The molecule has 0 aliphatic heterocycles. The maximum Gasteiger partial charge on any atom is 0.241 e. The molecule has 21 heavy (non-hydrogen) atoms. The summed E-state index contributed by atoms with van der Waals surface area (Å²) < 4.78 is 40.1. The molecule has 0 radical (unpaired) electrons. The molecule has 0 saturated heterocycles. The summed E-state index contributed by atoms with van der Waals surface area (Å²) in [6, 6.07) is 3.47. The summed E-state index contributed by atoms with van der Waals surface area (Å²) in [5, 5.41) is 6.11. The zero-order valence-electron chi connectivity index (χ0n) is 10.8. The molecule has 2 rings (SSSR count). The van der Waals surface area contributed by atoms with Crippen molar-refractivity contribution in [3.8, 4) is 11.8 Å². The molecule has 0 aliphatic carbocycles. The Bertz CT molecular complexity index is 778. The van der Waals surface area contributed by atoms with Crippen LogP contribution in [0, 0.1) is 17.7 Å². The van der Waals surface area contributed by atoms with Gasteiger partial charge in [-0.25, -0.2) is 22.5 Å². The number of nitrogens with zero attached hydrogens (tertiary/aromatic N) is 2. The first-order valence-electron chi connectivity index (χ1n) is 5.85. The van der Waals surface area contributed by atoms with Gasteiger partial charge in [-0.2, -0.15) is 5.10 Å². The number of nitrogens with two attached hydrogens (primary N) is 1. The molecule has 4 N–H and O–H groups in total. The molecule has 0 aliphatic rings. The Balaban J connectivity index is 2.18. The maximum atomic E-state index is 13.8. The lowest BCUT2D eigenvalue weighted by Crippen LogP contribution is -2.24. The van der Waals surface area contributed by atoms with Crippen LogP contribution in [0.1, 0.15) is 11.4 Å². The molecule has 1 heterocycles. The zero-order valence-corrected chi connectivity index (χ0v) is 11.6. The van der Waals surface area contributed by atoms with E-state index in [9.17, 15) is 12.8 Å². The molecule has 0 amide bonds. The Morgan fingerprint density at radius 1 is 1.43 bits per heavy atom. The summed E-state index contributed by atoms with van der Waals surface area (Å²) in [5.74, 6) is 4.65. The highest BCUT2D eigenvalue weighted by Gasteiger charge is 2.16. The second-order valence-corrected chi connectivity index (χ2v) is 5.67. The van der Waals surface area contributed by atoms with Crippen molar-refractivity contribution in [1.82, 2.24) is 19.9 Å². The van der Waals surface area contributed by atoms with Crippen molar-refractivity contribution in [3.63, 3.8) is 0 Å². The van der Waals surface area contributed by atoms with E-state index in [4.69, 9.17) is 5.73 Å². The van der Waals surface area contributed by atoms with Crippen molar-refractivity contribution >= 4 is 10.0 Å². The SMILES string of the molecule is NCC#Cc1ccc(S(=O)(=O)NCc2ncn[nH]2)cc1F. The van der Waals surface area contributed by atoms with Crippen molar-refractivity contribution in [2.45, 2.75) is 11.4 Å². The third-order valence-electron chi connectivity index (χ3n) is 2.47. The van der Waals surface area contributed by atoms with E-state index >= 15 is 0 Å². The predicted octanol–water partition coefficient (Wildman–Crippen LogP) is -0.268. The average molecular weight is 309 g/mol. The largest absolute Gasteiger partial charge is 0.320 e. The van der Waals surface area contributed by atoms with Gasteiger partial charge in [0.1, 0.15) is 18.0 Å². The molecule has 9 heteroatoms. The Hall–Kier alpha value is -2.28. The van der Waals surface area contributed by atoms with E-state index in [1.54, 1.807) is 0 Å². The first kappa shape index (κ1) is 15.1. The lowest BCUT2D eigenvalue weighted by atomic mass is 10.2. The molecule has 0 bridgehead atoms. The summed E-state index contributed by atoms with van der Waals surface area (Å²) in [4.78, 5) is 3.58. The topological polar surface area (TPSA) is 114 Å². The fourth-order valence-corrected chi connectivity index (χ4v) is 2.47. The van der Waals surface area contributed by atoms with Crippen molar-refractivity contribution in [2.75, 3.05) is 6.54 Å². The van der Waals surface area contributed by atoms with Gasteiger partial charge in [0.05, 0.1) is 23.5 Å². The summed E-state index contributed by atoms with van der Waals surface area (Å²) in [5.41, 5.74) is 5.29. The summed E-state index contributed by atoms with van der Waals surface area (Å²) >= 11 is 0. The molecule has 0 saturated carbocycles. The van der Waals surface area contributed by atoms with Gasteiger partial charge in [0.2, 0.25) is 10.0 Å². The number of H-pyrrole nitrogens is 1. The molecule has 0 spiro atoms. The van der Waals surface area contributed by atoms with Crippen LogP contribution in [-0.2, 0) is 16.6 Å². The summed E-state index contributed by atoms with van der Waals surface area (Å²) in [7, 11) is -3.85. The second kappa shape index (κ2) is 6.45. The number of hydrogen-bond acceptors (Lipinski definition) is 5. The van der Waals surface area contributed by atoms with Crippen molar-refractivity contribution in [3.05, 3.63) is 41.7 Å². The molecule has 110 valence electrons. The number of aromatic nitrogens is 3. The first-order chi connectivity index (χ1) is 10.0. The Kier molecular flexibility index (Phi) is 4.64. The minimum absolute atomic E-state index is 0.0708. The quantitative estimate of drug-likeness (QED) is 0.673. The number of nitrogens with one attached hydrogen (secondary N) is 2. The number of benzene rings is 1. The number of sulfonamides is 1. The van der Waals surface area contributed by atoms with Gasteiger partial charge in [-0.15, -0.1) is 0 Å². The highest BCUT2D eigenvalue weighted by atomic mass is 32.2. The van der Waals surface area contributed by atoms with Crippen LogP contribution in [0.25, 0.3) is 0 Å². The lowest BCUT2D eigenvalue weighted by Gasteiger charge is -2.06. The number of rotatable bonds is 4. The van der Waals surface area contributed by atoms with E-state index in [1.807, 2.05) is 0 Å². The number of halogens is 1. The van der Waals surface area contributed by atoms with E-state index in [0.29, 0.717) is 5.82 Å². The van der Waals surface area contributed by atoms with E-state index in [0.717, 1.165) is 6.07 Å². The monoisotopic (exact) mass is 309 g/mol. The van der Waals surface area contributed by atoms with E-state index in [1.165, 1.54) is 18.5 Å². The highest BCUT2D eigenvalue weighted by Crippen LogP contribution is 2.14. The van der Waals surface area contributed by atoms with Crippen molar-refractivity contribution < 1.29 is 12.8 Å². The van der Waals surface area contributed by atoms with Crippen LogP contribution in [0.3, 0.4) is 0 Å². The van der Waals surface area contributed by atoms with Crippen LogP contribution in [0.15, 0.2) is 29.4 Å². The normalized spacial score (nSPS) is 11.0. The Morgan fingerprint density at radius 2 is 2.24 bits per heavy atom. The van der Waals surface area contributed by atoms with Crippen molar-refractivity contribution in [1.29, 1.82) is 0 Å². The molecule has 0 atom stereocenters. The van der Waals surface area contributed by atoms with Crippen LogP contribution in [0.4, 0.5) is 4.39 Å². The molecule has 7 nitrogen and oxygen atoms in total. The third-order valence-corrected chi connectivity index (χ3v) is 3.87. The Labute approximate surface area is 120 Å². The lowest BCUT2D eigenvalue weighted by molar-refractivity contribution is 0.575. The molecular weight excluding hydrogens is 297 g/mol. The summed E-state index contributed by atoms with van der Waals surface area (Å²) in [6.45, 7) is 0.0247. The first-order valence-corrected chi connectivity index (χ1v) is 7.33. The summed E-state index contributed by atoms with van der Waals surface area (Å²) in [6.07, 6.45) is 1.26. The van der Waals surface area contributed by atoms with E-state index in [-0.39, 0.29) is 23.5 Å². The molecular formula is C12H12FN5O2S. The molecule has 0 unspecified atom stereocenters. The van der Waals surface area contributed by atoms with E-state index < -0.39 is 15.8 Å². The predicted molar refractivity (Wildman–Crippen MR) is 72.7 cm³/mol. The van der Waals surface area contributed by atoms with Crippen LogP contribution < -0.4 is 10.5 Å². The number of aromatic amines is 1. The highest BCUT2D eigenvalue weighted by molar-refractivity contribution is 7.89. The minimum atomic E-state index is -3.85. The standard InChI is InChI=1S/C12H12FN5O2S/c13-11-6-10(4-3-9(11)2-1-5-14)21(19,20)17-7-12-15-8-16-18-12/h3-4,6,8,17H,5,7,14H2,(H,15,16,18). The van der Waals surface area contributed by atoms with E-state index in [2.05, 4.69) is 31.7 Å².